The van der Waals surface area contributed by atoms with Gasteiger partial charge in [0.25, 0.3) is 0 Å². The molecule has 0 aliphatic carbocycles. The lowest BCUT2D eigenvalue weighted by Gasteiger charge is -2.03. The monoisotopic (exact) mass is 462 g/mol. The van der Waals surface area contributed by atoms with Gasteiger partial charge in [-0.1, -0.05) is 89.4 Å². The number of aromatic nitrogens is 2. The summed E-state index contributed by atoms with van der Waals surface area (Å²) in [5.74, 6) is 0. The van der Waals surface area contributed by atoms with Gasteiger partial charge < -0.3 is 9.47 Å². The molecule has 0 fully saturated rings. The van der Waals surface area contributed by atoms with Crippen molar-refractivity contribution in [1.82, 2.24) is 10.2 Å². The predicted molar refractivity (Wildman–Crippen MR) is 121 cm³/mol. The Morgan fingerprint density at radius 2 is 1.07 bits per heavy atom. The molecular formula is C20H34N2O4S3. The summed E-state index contributed by atoms with van der Waals surface area (Å²) in [7, 11) is 0. The molecule has 0 amide bonds. The molecule has 1 rings (SSSR count). The summed E-state index contributed by atoms with van der Waals surface area (Å²) in [6, 6.07) is 0. The van der Waals surface area contributed by atoms with Crippen LogP contribution in [0.25, 0.3) is 0 Å². The van der Waals surface area contributed by atoms with Crippen LogP contribution >= 0.6 is 34.9 Å². The SMILES string of the molecule is CCCCCCCCOC(=O)Sc1nnc(SC(=O)OCCCCCCCC)s1. The number of thioether (sulfide) groups is 2. The summed E-state index contributed by atoms with van der Waals surface area (Å²) < 4.78 is 11.4. The lowest BCUT2D eigenvalue weighted by Crippen LogP contribution is -1.99. The van der Waals surface area contributed by atoms with Gasteiger partial charge in [0.1, 0.15) is 0 Å². The Morgan fingerprint density at radius 3 is 1.48 bits per heavy atom. The fourth-order valence-electron chi connectivity index (χ4n) is 2.56. The molecule has 29 heavy (non-hydrogen) atoms. The van der Waals surface area contributed by atoms with Crippen molar-refractivity contribution < 1.29 is 19.1 Å². The molecule has 0 radical (unpaired) electrons. The van der Waals surface area contributed by atoms with Gasteiger partial charge in [0.2, 0.25) is 0 Å². The largest absolute Gasteiger partial charge is 0.457 e. The molecule has 0 saturated carbocycles. The highest BCUT2D eigenvalue weighted by atomic mass is 32.2. The van der Waals surface area contributed by atoms with E-state index < -0.39 is 0 Å². The molecule has 0 spiro atoms. The van der Waals surface area contributed by atoms with Crippen LogP contribution in [0.15, 0.2) is 8.68 Å². The van der Waals surface area contributed by atoms with Gasteiger partial charge in [-0.15, -0.1) is 10.2 Å². The fourth-order valence-corrected chi connectivity index (χ4v) is 4.98. The quantitative estimate of drug-likeness (QED) is 0.140. The first kappa shape index (κ1) is 26.2. The van der Waals surface area contributed by atoms with Crippen LogP contribution in [-0.4, -0.2) is 34.0 Å². The van der Waals surface area contributed by atoms with Gasteiger partial charge in [0, 0.05) is 23.5 Å². The number of hydrogen-bond donors (Lipinski definition) is 0. The number of rotatable bonds is 16. The van der Waals surface area contributed by atoms with Crippen molar-refractivity contribution in [3.8, 4) is 0 Å². The zero-order valence-electron chi connectivity index (χ0n) is 17.7. The lowest BCUT2D eigenvalue weighted by atomic mass is 10.1. The molecule has 6 nitrogen and oxygen atoms in total. The van der Waals surface area contributed by atoms with Gasteiger partial charge in [-0.05, 0) is 12.8 Å². The van der Waals surface area contributed by atoms with E-state index in [0.717, 1.165) is 49.2 Å². The Kier molecular flexibility index (Phi) is 16.3. The van der Waals surface area contributed by atoms with Crippen molar-refractivity contribution in [3.05, 3.63) is 0 Å². The van der Waals surface area contributed by atoms with Crippen molar-refractivity contribution in [2.45, 2.75) is 99.6 Å². The average Bonchev–Trinajstić information content (AvgIpc) is 3.13. The molecule has 0 aromatic carbocycles. The Bertz CT molecular complexity index is 523. The highest BCUT2D eigenvalue weighted by molar-refractivity contribution is 8.16. The van der Waals surface area contributed by atoms with E-state index in [-0.39, 0.29) is 10.6 Å². The normalized spacial score (nSPS) is 10.8. The van der Waals surface area contributed by atoms with Crippen LogP contribution in [0.3, 0.4) is 0 Å². The number of nitrogens with zero attached hydrogens (tertiary/aromatic N) is 2. The van der Waals surface area contributed by atoms with E-state index in [1.807, 2.05) is 0 Å². The molecule has 1 aromatic heterocycles. The molecule has 0 aliphatic rings. The maximum atomic E-state index is 11.8. The van der Waals surface area contributed by atoms with E-state index in [1.165, 1.54) is 62.7 Å². The van der Waals surface area contributed by atoms with Gasteiger partial charge in [-0.25, -0.2) is 9.59 Å². The van der Waals surface area contributed by atoms with E-state index in [1.54, 1.807) is 0 Å². The van der Waals surface area contributed by atoms with Crippen LogP contribution in [0.2, 0.25) is 0 Å². The van der Waals surface area contributed by atoms with E-state index in [0.29, 0.717) is 21.9 Å². The molecule has 1 aromatic rings. The minimum absolute atomic E-state index is 0.378. The molecular weight excluding hydrogens is 428 g/mol. The summed E-state index contributed by atoms with van der Waals surface area (Å²) in [6.07, 6.45) is 13.8. The average molecular weight is 463 g/mol. The minimum Gasteiger partial charge on any atom is -0.457 e. The molecule has 0 saturated heterocycles. The van der Waals surface area contributed by atoms with Crippen molar-refractivity contribution in [2.75, 3.05) is 13.2 Å². The van der Waals surface area contributed by atoms with Gasteiger partial charge in [-0.3, -0.25) is 0 Å². The summed E-state index contributed by atoms with van der Waals surface area (Å²) >= 11 is 3.02. The zero-order chi connectivity index (χ0) is 21.2. The van der Waals surface area contributed by atoms with E-state index in [4.69, 9.17) is 9.47 Å². The van der Waals surface area contributed by atoms with E-state index in [9.17, 15) is 9.59 Å². The van der Waals surface area contributed by atoms with Crippen LogP contribution in [0, 0.1) is 0 Å². The number of hydrogen-bond acceptors (Lipinski definition) is 9. The van der Waals surface area contributed by atoms with Gasteiger partial charge >= 0.3 is 10.6 Å². The number of carbonyl (C=O) groups is 2. The first-order chi connectivity index (χ1) is 14.2. The van der Waals surface area contributed by atoms with Crippen LogP contribution in [0.4, 0.5) is 9.59 Å². The zero-order valence-corrected chi connectivity index (χ0v) is 20.1. The predicted octanol–water partition coefficient (Wildman–Crippen LogP) is 7.72. The lowest BCUT2D eigenvalue weighted by molar-refractivity contribution is 0.171. The smallest absolute Gasteiger partial charge is 0.374 e. The Hall–Kier alpha value is -0.800. The molecule has 9 heteroatoms. The standard InChI is InChI=1S/C20H34N2O4S3/c1-3-5-7-9-11-13-15-25-19(23)28-17-21-22-18(27-17)29-20(24)26-16-14-12-10-8-6-4-2/h3-16H2,1-2H3. The fraction of sp³-hybridized carbons (Fsp3) is 0.800. The second kappa shape index (κ2) is 18.0. The molecule has 1 heterocycles. The second-order valence-electron chi connectivity index (χ2n) is 6.77. The highest BCUT2D eigenvalue weighted by Crippen LogP contribution is 2.30. The summed E-state index contributed by atoms with van der Waals surface area (Å²) in [5.41, 5.74) is 0. The van der Waals surface area contributed by atoms with Gasteiger partial charge in [0.05, 0.1) is 13.2 Å². The van der Waals surface area contributed by atoms with Crippen molar-refractivity contribution in [1.29, 1.82) is 0 Å². The third-order valence-corrected chi connectivity index (χ3v) is 6.76. The summed E-state index contributed by atoms with van der Waals surface area (Å²) in [5, 5.41) is 7.10. The molecule has 166 valence electrons. The third kappa shape index (κ3) is 14.8. The van der Waals surface area contributed by atoms with Crippen molar-refractivity contribution >= 4 is 45.5 Å². The number of carbonyl (C=O) groups excluding carboxylic acids is 2. The second-order valence-corrected chi connectivity index (χ2v) is 10.1. The minimum atomic E-state index is -0.378. The topological polar surface area (TPSA) is 78.4 Å². The van der Waals surface area contributed by atoms with E-state index in [2.05, 4.69) is 24.0 Å². The Morgan fingerprint density at radius 1 is 0.690 bits per heavy atom. The first-order valence-corrected chi connectivity index (χ1v) is 13.1. The molecule has 0 unspecified atom stereocenters. The Labute approximate surface area is 187 Å². The van der Waals surface area contributed by atoms with Crippen LogP contribution in [-0.2, 0) is 9.47 Å². The van der Waals surface area contributed by atoms with Crippen molar-refractivity contribution in [3.63, 3.8) is 0 Å². The summed E-state index contributed by atoms with van der Waals surface area (Å²) in [6.45, 7) is 5.25. The third-order valence-electron chi connectivity index (χ3n) is 4.16. The number of ether oxygens (including phenoxy) is 2. The number of unbranched alkanes of at least 4 members (excludes halogenated alkanes) is 10. The Balaban J connectivity index is 2.10. The molecule has 0 atom stereocenters. The van der Waals surface area contributed by atoms with E-state index >= 15 is 0 Å². The van der Waals surface area contributed by atoms with Crippen LogP contribution < -0.4 is 0 Å². The maximum absolute atomic E-state index is 11.8. The van der Waals surface area contributed by atoms with Gasteiger partial charge in [-0.2, -0.15) is 0 Å². The van der Waals surface area contributed by atoms with Gasteiger partial charge in [0.15, 0.2) is 8.68 Å². The van der Waals surface area contributed by atoms with Crippen LogP contribution in [0.5, 0.6) is 0 Å². The van der Waals surface area contributed by atoms with Crippen molar-refractivity contribution in [2.24, 2.45) is 0 Å². The molecule has 0 N–H and O–H groups in total. The molecule has 0 aliphatic heterocycles. The summed E-state index contributed by atoms with van der Waals surface area (Å²) in [4.78, 5) is 23.7. The highest BCUT2D eigenvalue weighted by Gasteiger charge is 2.15. The first-order valence-electron chi connectivity index (χ1n) is 10.7. The molecule has 0 bridgehead atoms. The van der Waals surface area contributed by atoms with Crippen LogP contribution in [0.1, 0.15) is 90.9 Å². The maximum Gasteiger partial charge on any atom is 0.374 e.